The highest BCUT2D eigenvalue weighted by Gasteiger charge is 2.45. The minimum absolute atomic E-state index is 0. The Hall–Kier alpha value is -1.79. The van der Waals surface area contributed by atoms with Gasteiger partial charge in [0, 0.05) is 7.92 Å². The first-order chi connectivity index (χ1) is 14.2. The fourth-order valence-electron chi connectivity index (χ4n) is 3.70. The molecular weight excluding hydrogens is 513 g/mol. The van der Waals surface area contributed by atoms with Crippen LogP contribution in [0.25, 0.3) is 0 Å². The fraction of sp³-hybridized carbons (Fsp3) is 0.0370. The zero-order valence-electron chi connectivity index (χ0n) is 17.0. The van der Waals surface area contributed by atoms with Crippen molar-refractivity contribution in [3.05, 3.63) is 133 Å². The van der Waals surface area contributed by atoms with Crippen LogP contribution in [0.3, 0.4) is 0 Å². The van der Waals surface area contributed by atoms with Gasteiger partial charge >= 0.3 is 0 Å². The van der Waals surface area contributed by atoms with E-state index >= 15 is 0 Å². The van der Waals surface area contributed by atoms with Crippen molar-refractivity contribution in [2.24, 2.45) is 0 Å². The molecule has 3 heteroatoms. The van der Waals surface area contributed by atoms with E-state index in [9.17, 15) is 0 Å². The summed E-state index contributed by atoms with van der Waals surface area (Å²) >= 11 is 0. The number of hydrogen-bond donors (Lipinski definition) is 0. The van der Waals surface area contributed by atoms with Crippen molar-refractivity contribution >= 4 is 36.4 Å². The summed E-state index contributed by atoms with van der Waals surface area (Å²) in [6, 6.07) is 43.6. The largest absolute Gasteiger partial charge is 1.00 e. The van der Waals surface area contributed by atoms with Crippen LogP contribution in [0.15, 0.2) is 133 Å². The third kappa shape index (κ3) is 4.59. The monoisotopic (exact) mass is 538 g/mol. The van der Waals surface area contributed by atoms with Gasteiger partial charge in [-0.05, 0) is 34.9 Å². The van der Waals surface area contributed by atoms with Crippen LogP contribution in [-0.4, -0.2) is 6.66 Å². The molecule has 0 aromatic heterocycles. The van der Waals surface area contributed by atoms with Crippen molar-refractivity contribution in [3.63, 3.8) is 0 Å². The van der Waals surface area contributed by atoms with Gasteiger partial charge in [0.1, 0.15) is 22.9 Å². The van der Waals surface area contributed by atoms with Crippen LogP contribution in [0, 0.1) is 0 Å². The maximum Gasteiger partial charge on any atom is 0.109 e. The Kier molecular flexibility index (Phi) is 8.00. The summed E-state index contributed by atoms with van der Waals surface area (Å²) in [6.07, 6.45) is 0. The first-order valence-electron chi connectivity index (χ1n) is 9.79. The van der Waals surface area contributed by atoms with Gasteiger partial charge < -0.3 is 24.0 Å². The molecule has 4 aromatic carbocycles. The highest BCUT2D eigenvalue weighted by Crippen LogP contribution is 2.70. The molecule has 0 atom stereocenters. The van der Waals surface area contributed by atoms with Crippen LogP contribution in [0.5, 0.6) is 0 Å². The third-order valence-corrected chi connectivity index (χ3v) is 13.0. The van der Waals surface area contributed by atoms with Crippen molar-refractivity contribution in [1.29, 1.82) is 0 Å². The molecular formula is C27H25IP2. The second-order valence-electron chi connectivity index (χ2n) is 7.10. The van der Waals surface area contributed by atoms with Gasteiger partial charge in [0.2, 0.25) is 0 Å². The molecule has 0 bridgehead atoms. The van der Waals surface area contributed by atoms with Crippen LogP contribution >= 0.6 is 15.2 Å². The summed E-state index contributed by atoms with van der Waals surface area (Å²) in [6.45, 7) is 7.24. The van der Waals surface area contributed by atoms with E-state index in [1.807, 2.05) is 0 Å². The van der Waals surface area contributed by atoms with Crippen LogP contribution < -0.4 is 45.2 Å². The van der Waals surface area contributed by atoms with Gasteiger partial charge in [-0.3, -0.25) is 0 Å². The number of rotatable bonds is 6. The van der Waals surface area contributed by atoms with Crippen molar-refractivity contribution < 1.29 is 24.0 Å². The van der Waals surface area contributed by atoms with E-state index in [1.165, 1.54) is 26.3 Å². The first-order valence-corrected chi connectivity index (χ1v) is 13.4. The van der Waals surface area contributed by atoms with Gasteiger partial charge in [-0.1, -0.05) is 104 Å². The molecule has 4 rings (SSSR count). The Labute approximate surface area is 199 Å². The average Bonchev–Trinajstić information content (AvgIpc) is 2.81. The lowest BCUT2D eigenvalue weighted by molar-refractivity contribution is -0.00000557. The summed E-state index contributed by atoms with van der Waals surface area (Å²) in [4.78, 5) is 0. The second-order valence-corrected chi connectivity index (χ2v) is 13.3. The summed E-state index contributed by atoms with van der Waals surface area (Å²) in [5, 5.41) is 6.84. The van der Waals surface area contributed by atoms with Crippen molar-refractivity contribution in [2.45, 2.75) is 0 Å². The van der Waals surface area contributed by atoms with Crippen molar-refractivity contribution in [2.75, 3.05) is 6.66 Å². The number of hydrogen-bond acceptors (Lipinski definition) is 0. The molecule has 0 heterocycles. The number of halogens is 1. The predicted octanol–water partition coefficient (Wildman–Crippen LogP) is 2.89. The smallest absolute Gasteiger partial charge is 0.109 e. The fourth-order valence-corrected chi connectivity index (χ4v) is 11.0. The summed E-state index contributed by atoms with van der Waals surface area (Å²) in [5.41, 5.74) is 0. The van der Waals surface area contributed by atoms with Gasteiger partial charge in [-0.2, -0.15) is 0 Å². The standard InChI is InChI=1S/C27H25P2.HI/c1-23(28(24-15-7-3-8-16-24)25-17-9-4-10-18-25)29(2,26-19-11-5-12-20-26)27-21-13-6-14-22-27;/h3-22H,1H2,2H3;1H/q+1;/p-1. The van der Waals surface area contributed by atoms with E-state index in [4.69, 9.17) is 6.58 Å². The van der Waals surface area contributed by atoms with Crippen molar-refractivity contribution in [3.8, 4) is 0 Å². The maximum absolute atomic E-state index is 4.81. The van der Waals surface area contributed by atoms with Crippen LogP contribution in [-0.2, 0) is 0 Å². The Morgan fingerprint density at radius 2 is 0.867 bits per heavy atom. The van der Waals surface area contributed by atoms with E-state index in [2.05, 4.69) is 128 Å². The first kappa shape index (κ1) is 22.9. The van der Waals surface area contributed by atoms with Gasteiger partial charge in [-0.15, -0.1) is 0 Å². The minimum atomic E-state index is -1.82. The zero-order chi connectivity index (χ0) is 20.1. The van der Waals surface area contributed by atoms with Crippen LogP contribution in [0.2, 0.25) is 0 Å². The molecule has 0 unspecified atom stereocenters. The van der Waals surface area contributed by atoms with Gasteiger partial charge in [-0.25, -0.2) is 0 Å². The van der Waals surface area contributed by atoms with Crippen LogP contribution in [0.1, 0.15) is 0 Å². The molecule has 0 saturated heterocycles. The molecule has 0 aliphatic carbocycles. The topological polar surface area (TPSA) is 0 Å². The molecule has 0 amide bonds. The lowest BCUT2D eigenvalue weighted by Crippen LogP contribution is -3.00. The van der Waals surface area contributed by atoms with Gasteiger partial charge in [0.25, 0.3) is 0 Å². The molecule has 30 heavy (non-hydrogen) atoms. The molecule has 0 nitrogen and oxygen atoms in total. The molecule has 0 aliphatic heterocycles. The van der Waals surface area contributed by atoms with Gasteiger partial charge in [0.15, 0.2) is 0 Å². The van der Waals surface area contributed by atoms with E-state index in [0.717, 1.165) is 0 Å². The molecule has 4 aromatic rings. The van der Waals surface area contributed by atoms with E-state index < -0.39 is 15.2 Å². The van der Waals surface area contributed by atoms with E-state index in [0.29, 0.717) is 0 Å². The molecule has 150 valence electrons. The van der Waals surface area contributed by atoms with E-state index in [1.54, 1.807) is 0 Å². The summed E-state index contributed by atoms with van der Waals surface area (Å²) < 4.78 is 0. The summed E-state index contributed by atoms with van der Waals surface area (Å²) in [7, 11) is -2.51. The number of benzene rings is 4. The van der Waals surface area contributed by atoms with Crippen molar-refractivity contribution in [1.82, 2.24) is 0 Å². The normalized spacial score (nSPS) is 11.0. The molecule has 0 fully saturated rings. The molecule has 0 saturated carbocycles. The third-order valence-electron chi connectivity index (χ3n) is 5.35. The maximum atomic E-state index is 4.81. The SMILES string of the molecule is C=C(P(c1ccccc1)c1ccccc1)[P+](C)(c1ccccc1)c1ccccc1.[I-]. The Balaban J connectivity index is 0.00000256. The molecule has 0 N–H and O–H groups in total. The Morgan fingerprint density at radius 1 is 0.567 bits per heavy atom. The highest BCUT2D eigenvalue weighted by atomic mass is 127. The average molecular weight is 538 g/mol. The molecule has 0 radical (unpaired) electrons. The van der Waals surface area contributed by atoms with Crippen LogP contribution in [0.4, 0.5) is 0 Å². The Morgan fingerprint density at radius 3 is 1.20 bits per heavy atom. The highest BCUT2D eigenvalue weighted by molar-refractivity contribution is 8.03. The molecule has 0 spiro atoms. The predicted molar refractivity (Wildman–Crippen MR) is 133 cm³/mol. The van der Waals surface area contributed by atoms with E-state index in [-0.39, 0.29) is 24.0 Å². The quantitative estimate of drug-likeness (QED) is 0.262. The lowest BCUT2D eigenvalue weighted by Gasteiger charge is -2.30. The Bertz CT molecular complexity index is 986. The zero-order valence-corrected chi connectivity index (χ0v) is 21.0. The van der Waals surface area contributed by atoms with Gasteiger partial charge in [0.05, 0.1) is 6.66 Å². The molecule has 0 aliphatic rings. The minimum Gasteiger partial charge on any atom is -1.00 e. The summed E-state index contributed by atoms with van der Waals surface area (Å²) in [5.74, 6) is 0. The second kappa shape index (κ2) is 10.5. The lowest BCUT2D eigenvalue weighted by atomic mass is 10.4.